The van der Waals surface area contributed by atoms with E-state index in [1.54, 1.807) is 12.1 Å². The number of primary sulfonamides is 1. The van der Waals surface area contributed by atoms with Gasteiger partial charge in [0.1, 0.15) is 0 Å². The summed E-state index contributed by atoms with van der Waals surface area (Å²) >= 11 is 0. The molecule has 2 saturated heterocycles. The monoisotopic (exact) mass is 381 g/mol. The van der Waals surface area contributed by atoms with Crippen LogP contribution in [0.15, 0.2) is 29.2 Å². The average molecular weight is 381 g/mol. The Morgan fingerprint density at radius 1 is 1.12 bits per heavy atom. The molecule has 1 amide bonds. The van der Waals surface area contributed by atoms with Crippen LogP contribution in [0.4, 0.5) is 0 Å². The summed E-state index contributed by atoms with van der Waals surface area (Å²) in [6, 6.07) is 6.87. The van der Waals surface area contributed by atoms with Crippen LogP contribution >= 0.6 is 0 Å². The molecule has 0 spiro atoms. The van der Waals surface area contributed by atoms with Crippen LogP contribution < -0.4 is 10.5 Å². The number of likely N-dealkylation sites (tertiary alicyclic amines) is 1. The molecule has 0 atom stereocenters. The van der Waals surface area contributed by atoms with Gasteiger partial charge in [-0.25, -0.2) is 13.6 Å². The normalized spacial score (nSPS) is 20.8. The van der Waals surface area contributed by atoms with Crippen LogP contribution in [0.3, 0.4) is 0 Å². The summed E-state index contributed by atoms with van der Waals surface area (Å²) < 4.78 is 27.9. The third-order valence-electron chi connectivity index (χ3n) is 5.33. The van der Waals surface area contributed by atoms with Crippen LogP contribution in [0.1, 0.15) is 31.2 Å². The van der Waals surface area contributed by atoms with Crippen molar-refractivity contribution in [2.75, 3.05) is 26.3 Å². The zero-order valence-corrected chi connectivity index (χ0v) is 15.7. The zero-order valence-electron chi connectivity index (χ0n) is 14.9. The van der Waals surface area contributed by atoms with Crippen LogP contribution in [0.2, 0.25) is 0 Å². The minimum Gasteiger partial charge on any atom is -0.381 e. The third kappa shape index (κ3) is 5.03. The first-order valence-corrected chi connectivity index (χ1v) is 10.7. The fourth-order valence-electron chi connectivity index (χ4n) is 3.71. The molecular weight excluding hydrogens is 354 g/mol. The molecule has 1 aromatic carbocycles. The summed E-state index contributed by atoms with van der Waals surface area (Å²) in [4.78, 5) is 15.0. The number of sulfonamides is 1. The molecule has 0 aliphatic carbocycles. The molecule has 2 fully saturated rings. The number of piperidine rings is 1. The van der Waals surface area contributed by atoms with Gasteiger partial charge in [0.15, 0.2) is 0 Å². The number of amides is 1. The molecule has 1 aromatic rings. The summed E-state index contributed by atoms with van der Waals surface area (Å²) in [7, 11) is -3.68. The Labute approximate surface area is 154 Å². The van der Waals surface area contributed by atoms with Gasteiger partial charge in [0.25, 0.3) is 0 Å². The Kier molecular flexibility index (Phi) is 6.29. The van der Waals surface area contributed by atoms with E-state index < -0.39 is 10.0 Å². The van der Waals surface area contributed by atoms with Crippen molar-refractivity contribution in [3.05, 3.63) is 29.8 Å². The number of hydrogen-bond donors (Lipinski definition) is 2. The molecule has 0 saturated carbocycles. The van der Waals surface area contributed by atoms with Gasteiger partial charge in [0, 0.05) is 31.7 Å². The van der Waals surface area contributed by atoms with Crippen LogP contribution in [0, 0.1) is 5.92 Å². The highest BCUT2D eigenvalue weighted by Crippen LogP contribution is 2.23. The van der Waals surface area contributed by atoms with E-state index in [0.29, 0.717) is 12.6 Å². The highest BCUT2D eigenvalue weighted by atomic mass is 32.2. The maximum absolute atomic E-state index is 12.4. The van der Waals surface area contributed by atoms with Gasteiger partial charge in [-0.2, -0.15) is 0 Å². The van der Waals surface area contributed by atoms with Crippen molar-refractivity contribution in [3.8, 4) is 0 Å². The molecule has 0 radical (unpaired) electrons. The van der Waals surface area contributed by atoms with Crippen molar-refractivity contribution in [2.24, 2.45) is 11.1 Å². The number of carbonyl (C=O) groups is 1. The number of carbonyl (C=O) groups excluding carboxylic acids is 1. The lowest BCUT2D eigenvalue weighted by Gasteiger charge is -2.38. The van der Waals surface area contributed by atoms with E-state index in [1.807, 2.05) is 0 Å². The van der Waals surface area contributed by atoms with Gasteiger partial charge >= 0.3 is 0 Å². The van der Waals surface area contributed by atoms with Crippen molar-refractivity contribution in [3.63, 3.8) is 0 Å². The van der Waals surface area contributed by atoms with Crippen LogP contribution in [0.25, 0.3) is 0 Å². The van der Waals surface area contributed by atoms with Gasteiger partial charge < -0.3 is 15.0 Å². The number of nitrogens with zero attached hydrogens (tertiary/aromatic N) is 1. The van der Waals surface area contributed by atoms with Gasteiger partial charge in [-0.05, 0) is 56.5 Å². The molecular formula is C18H27N3O4S. The summed E-state index contributed by atoms with van der Waals surface area (Å²) in [5.41, 5.74) is 0.852. The minimum atomic E-state index is -3.68. The van der Waals surface area contributed by atoms with E-state index in [2.05, 4.69) is 10.2 Å². The average Bonchev–Trinajstić information content (AvgIpc) is 2.66. The van der Waals surface area contributed by atoms with Crippen molar-refractivity contribution in [1.82, 2.24) is 10.2 Å². The Morgan fingerprint density at radius 3 is 2.31 bits per heavy atom. The number of rotatable bonds is 5. The lowest BCUT2D eigenvalue weighted by molar-refractivity contribution is -0.127. The third-order valence-corrected chi connectivity index (χ3v) is 6.26. The standard InChI is InChI=1S/C18H27N3O4S/c19-26(23,24)17-3-1-14(2-4-17)13-20-18(22)15-5-9-21(10-6-15)16-7-11-25-12-8-16/h1-4,15-16H,5-13H2,(H,20,22)(H2,19,23,24). The maximum atomic E-state index is 12.4. The number of nitrogens with two attached hydrogens (primary N) is 1. The molecule has 144 valence electrons. The zero-order chi connectivity index (χ0) is 18.6. The second kappa shape index (κ2) is 8.47. The van der Waals surface area contributed by atoms with E-state index >= 15 is 0 Å². The number of ether oxygens (including phenoxy) is 1. The smallest absolute Gasteiger partial charge is 0.238 e. The maximum Gasteiger partial charge on any atom is 0.238 e. The molecule has 0 unspecified atom stereocenters. The summed E-state index contributed by atoms with van der Waals surface area (Å²) in [6.45, 7) is 4.01. The summed E-state index contributed by atoms with van der Waals surface area (Å²) in [5, 5.41) is 8.05. The second-order valence-electron chi connectivity index (χ2n) is 7.06. The highest BCUT2D eigenvalue weighted by molar-refractivity contribution is 7.89. The Bertz CT molecular complexity index is 706. The molecule has 8 heteroatoms. The minimum absolute atomic E-state index is 0.0507. The SMILES string of the molecule is NS(=O)(=O)c1ccc(CNC(=O)C2CCN(C3CCOCC3)CC2)cc1. The molecule has 7 nitrogen and oxygen atoms in total. The van der Waals surface area contributed by atoms with Gasteiger partial charge in [0.05, 0.1) is 4.90 Å². The number of hydrogen-bond acceptors (Lipinski definition) is 5. The molecule has 2 aliphatic heterocycles. The van der Waals surface area contributed by atoms with Crippen LogP contribution in [-0.4, -0.2) is 51.6 Å². The molecule has 0 aromatic heterocycles. The molecule has 3 rings (SSSR count). The van der Waals surface area contributed by atoms with Crippen molar-refractivity contribution < 1.29 is 17.9 Å². The summed E-state index contributed by atoms with van der Waals surface area (Å²) in [6.07, 6.45) is 3.94. The van der Waals surface area contributed by atoms with Crippen molar-refractivity contribution >= 4 is 15.9 Å². The number of benzene rings is 1. The topological polar surface area (TPSA) is 102 Å². The molecule has 26 heavy (non-hydrogen) atoms. The second-order valence-corrected chi connectivity index (χ2v) is 8.62. The molecule has 3 N–H and O–H groups in total. The fourth-order valence-corrected chi connectivity index (χ4v) is 4.22. The van der Waals surface area contributed by atoms with E-state index in [9.17, 15) is 13.2 Å². The highest BCUT2D eigenvalue weighted by Gasteiger charge is 2.29. The van der Waals surface area contributed by atoms with E-state index in [1.165, 1.54) is 12.1 Å². The molecule has 2 heterocycles. The van der Waals surface area contributed by atoms with Crippen molar-refractivity contribution in [1.29, 1.82) is 0 Å². The van der Waals surface area contributed by atoms with Gasteiger partial charge in [-0.3, -0.25) is 4.79 Å². The Hall–Kier alpha value is -1.48. The first-order valence-electron chi connectivity index (χ1n) is 9.15. The Balaban J connectivity index is 1.44. The first kappa shape index (κ1) is 19.3. The van der Waals surface area contributed by atoms with Gasteiger partial charge in [-0.15, -0.1) is 0 Å². The lowest BCUT2D eigenvalue weighted by Crippen LogP contribution is -2.46. The van der Waals surface area contributed by atoms with E-state index in [4.69, 9.17) is 9.88 Å². The first-order chi connectivity index (χ1) is 12.4. The van der Waals surface area contributed by atoms with Crippen LogP contribution in [0.5, 0.6) is 0 Å². The largest absolute Gasteiger partial charge is 0.381 e. The number of nitrogens with one attached hydrogen (secondary N) is 1. The predicted molar refractivity (Wildman–Crippen MR) is 97.8 cm³/mol. The van der Waals surface area contributed by atoms with Gasteiger partial charge in [0.2, 0.25) is 15.9 Å². The lowest BCUT2D eigenvalue weighted by atomic mass is 9.93. The fraction of sp³-hybridized carbons (Fsp3) is 0.611. The van der Waals surface area contributed by atoms with Crippen LogP contribution in [-0.2, 0) is 26.1 Å². The van der Waals surface area contributed by atoms with Crippen molar-refractivity contribution in [2.45, 2.75) is 43.2 Å². The van der Waals surface area contributed by atoms with Gasteiger partial charge in [-0.1, -0.05) is 12.1 Å². The summed E-state index contributed by atoms with van der Waals surface area (Å²) in [5.74, 6) is 0.127. The predicted octanol–water partition coefficient (Wildman–Crippen LogP) is 0.841. The molecule has 2 aliphatic rings. The Morgan fingerprint density at radius 2 is 1.73 bits per heavy atom. The molecule has 0 bridgehead atoms. The van der Waals surface area contributed by atoms with E-state index in [0.717, 1.165) is 57.6 Å². The quantitative estimate of drug-likeness (QED) is 0.787. The van der Waals surface area contributed by atoms with E-state index in [-0.39, 0.29) is 16.7 Å².